The predicted molar refractivity (Wildman–Crippen MR) is 109 cm³/mol. The summed E-state index contributed by atoms with van der Waals surface area (Å²) < 4.78 is 47.5. The lowest BCUT2D eigenvalue weighted by Gasteiger charge is -2.24. The largest absolute Gasteiger partial charge is 0.497 e. The number of anilines is 1. The number of carbonyl (C=O) groups excluding carboxylic acids is 1. The summed E-state index contributed by atoms with van der Waals surface area (Å²) in [5.41, 5.74) is -1.63. The molecule has 3 aromatic rings. The summed E-state index contributed by atoms with van der Waals surface area (Å²) in [7, 11) is 1.57. The molecule has 0 saturated carbocycles. The zero-order chi connectivity index (χ0) is 22.1. The number of benzene rings is 1. The molecule has 2 heterocycles. The van der Waals surface area contributed by atoms with E-state index in [2.05, 4.69) is 14.7 Å². The minimum absolute atomic E-state index is 0.0569. The highest BCUT2D eigenvalue weighted by atomic mass is 32.1. The van der Waals surface area contributed by atoms with Crippen LogP contribution in [-0.4, -0.2) is 39.3 Å². The first kappa shape index (κ1) is 22.2. The highest BCUT2D eigenvalue weighted by molar-refractivity contribution is 7.15. The summed E-state index contributed by atoms with van der Waals surface area (Å²) in [6.45, 7) is 2.45. The van der Waals surface area contributed by atoms with E-state index in [-0.39, 0.29) is 11.0 Å². The number of rotatable bonds is 6. The van der Waals surface area contributed by atoms with E-state index >= 15 is 0 Å². The van der Waals surface area contributed by atoms with Crippen molar-refractivity contribution >= 4 is 33.9 Å². The second kappa shape index (κ2) is 8.32. The number of hydrogen-bond acceptors (Lipinski definition) is 7. The second-order valence-electron chi connectivity index (χ2n) is 6.73. The van der Waals surface area contributed by atoms with Crippen molar-refractivity contribution < 1.29 is 27.8 Å². The maximum atomic E-state index is 12.8. The van der Waals surface area contributed by atoms with Crippen LogP contribution < -0.4 is 10.1 Å². The molecule has 0 radical (unpaired) electrons. The van der Waals surface area contributed by atoms with Crippen LogP contribution in [0.25, 0.3) is 10.4 Å². The molecule has 6 nitrogen and oxygen atoms in total. The van der Waals surface area contributed by atoms with Gasteiger partial charge in [0.2, 0.25) is 5.13 Å². The number of methoxy groups -OCH3 is 1. The molecule has 1 atom stereocenters. The predicted octanol–water partition coefficient (Wildman–Crippen LogP) is 4.69. The minimum Gasteiger partial charge on any atom is -0.497 e. The van der Waals surface area contributed by atoms with Gasteiger partial charge >= 0.3 is 6.18 Å². The molecule has 3 rings (SSSR count). The minimum atomic E-state index is -4.81. The number of carbonyl (C=O) groups is 1. The van der Waals surface area contributed by atoms with Crippen molar-refractivity contribution in [3.05, 3.63) is 46.6 Å². The number of ether oxygens (including phenoxy) is 1. The third kappa shape index (κ3) is 4.79. The third-order valence-electron chi connectivity index (χ3n) is 4.32. The molecule has 11 heteroatoms. The molecule has 0 aliphatic carbocycles. The fraction of sp³-hybridized carbons (Fsp3) is 0.316. The van der Waals surface area contributed by atoms with Gasteiger partial charge in [-0.05, 0) is 37.6 Å². The quantitative estimate of drug-likeness (QED) is 0.561. The Balaban J connectivity index is 1.74. The summed E-state index contributed by atoms with van der Waals surface area (Å²) in [5, 5.41) is 12.2. The van der Waals surface area contributed by atoms with E-state index in [1.165, 1.54) is 11.3 Å². The number of aliphatic hydroxyl groups is 1. The van der Waals surface area contributed by atoms with Crippen LogP contribution in [0.3, 0.4) is 0 Å². The Bertz CT molecular complexity index is 1060. The molecule has 0 bridgehead atoms. The van der Waals surface area contributed by atoms with Crippen LogP contribution in [-0.2, 0) is 6.42 Å². The first-order valence-electron chi connectivity index (χ1n) is 8.68. The molecular formula is C19H18F3N3O3S2. The van der Waals surface area contributed by atoms with Crippen LogP contribution in [0.1, 0.15) is 28.0 Å². The Hall–Kier alpha value is -2.50. The van der Waals surface area contributed by atoms with E-state index in [1.54, 1.807) is 20.1 Å². The average molecular weight is 457 g/mol. The normalized spacial score (nSPS) is 13.7. The molecular weight excluding hydrogens is 439 g/mol. The van der Waals surface area contributed by atoms with E-state index in [9.17, 15) is 23.1 Å². The summed E-state index contributed by atoms with van der Waals surface area (Å²) in [4.78, 5) is 18.2. The van der Waals surface area contributed by atoms with Gasteiger partial charge in [-0.2, -0.15) is 17.5 Å². The van der Waals surface area contributed by atoms with Crippen LogP contribution in [0.4, 0.5) is 18.3 Å². The standard InChI is InChI=1S/C19H18F3N3O3S2/c1-10-13(8-14(29-10)11-5-4-6-12(7-11)28-3)16(26)24-17-23-15(25-30-17)9-18(2,27)19(20,21)22/h4-8,27H,9H2,1-3H3,(H,23,24,25,26). The molecule has 0 aliphatic rings. The SMILES string of the molecule is COc1cccc(-c2cc(C(=O)Nc3nc(CC(C)(O)C(F)(F)F)ns3)c(C)s2)c1. The number of aryl methyl sites for hydroxylation is 1. The maximum Gasteiger partial charge on any atom is 0.417 e. The van der Waals surface area contributed by atoms with Crippen molar-refractivity contribution in [2.75, 3.05) is 12.4 Å². The maximum absolute atomic E-state index is 12.8. The van der Waals surface area contributed by atoms with Crippen LogP contribution in [0, 0.1) is 6.92 Å². The van der Waals surface area contributed by atoms with E-state index in [0.717, 1.165) is 26.9 Å². The first-order valence-corrected chi connectivity index (χ1v) is 10.3. The Morgan fingerprint density at radius 2 is 2.03 bits per heavy atom. The van der Waals surface area contributed by atoms with E-state index < -0.39 is 24.1 Å². The van der Waals surface area contributed by atoms with Crippen LogP contribution in [0.5, 0.6) is 5.75 Å². The summed E-state index contributed by atoms with van der Waals surface area (Å²) in [6.07, 6.45) is -5.62. The molecule has 1 amide bonds. The van der Waals surface area contributed by atoms with Crippen molar-refractivity contribution in [2.24, 2.45) is 0 Å². The Labute approximate surface area is 178 Å². The molecule has 0 spiro atoms. The molecule has 30 heavy (non-hydrogen) atoms. The highest BCUT2D eigenvalue weighted by Gasteiger charge is 2.50. The number of alkyl halides is 3. The smallest absolute Gasteiger partial charge is 0.417 e. The van der Waals surface area contributed by atoms with Crippen LogP contribution in [0.15, 0.2) is 30.3 Å². The highest BCUT2D eigenvalue weighted by Crippen LogP contribution is 2.34. The van der Waals surface area contributed by atoms with Gasteiger partial charge in [0.15, 0.2) is 5.60 Å². The Kier molecular flexibility index (Phi) is 6.16. The van der Waals surface area contributed by atoms with Crippen molar-refractivity contribution in [3.63, 3.8) is 0 Å². The monoisotopic (exact) mass is 457 g/mol. The first-order chi connectivity index (χ1) is 14.0. The van der Waals surface area contributed by atoms with Crippen molar-refractivity contribution in [3.8, 4) is 16.2 Å². The van der Waals surface area contributed by atoms with Gasteiger partial charge in [-0.15, -0.1) is 11.3 Å². The Morgan fingerprint density at radius 1 is 1.30 bits per heavy atom. The Morgan fingerprint density at radius 3 is 2.70 bits per heavy atom. The molecule has 1 unspecified atom stereocenters. The fourth-order valence-corrected chi connectivity index (χ4v) is 4.17. The number of amides is 1. The molecule has 2 N–H and O–H groups in total. The van der Waals surface area contributed by atoms with Gasteiger partial charge in [0.05, 0.1) is 12.7 Å². The molecule has 1 aromatic carbocycles. The van der Waals surface area contributed by atoms with Crippen LogP contribution in [0.2, 0.25) is 0 Å². The van der Waals surface area contributed by atoms with E-state index in [0.29, 0.717) is 18.2 Å². The van der Waals surface area contributed by atoms with Gasteiger partial charge in [0.25, 0.3) is 5.91 Å². The molecule has 0 fully saturated rings. The molecule has 0 saturated heterocycles. The van der Waals surface area contributed by atoms with Gasteiger partial charge in [0.1, 0.15) is 11.6 Å². The lowest BCUT2D eigenvalue weighted by molar-refractivity contribution is -0.252. The fourth-order valence-electron chi connectivity index (χ4n) is 2.58. The van der Waals surface area contributed by atoms with E-state index in [1.807, 2.05) is 24.3 Å². The zero-order valence-electron chi connectivity index (χ0n) is 16.2. The lowest BCUT2D eigenvalue weighted by Crippen LogP contribution is -2.44. The number of thiophene rings is 1. The molecule has 2 aromatic heterocycles. The molecule has 0 aliphatic heterocycles. The summed E-state index contributed by atoms with van der Waals surface area (Å²) in [5.74, 6) is 0.0561. The van der Waals surface area contributed by atoms with Gasteiger partial charge < -0.3 is 9.84 Å². The molecule has 160 valence electrons. The number of nitrogens with one attached hydrogen (secondary N) is 1. The van der Waals surface area contributed by atoms with Gasteiger partial charge in [-0.25, -0.2) is 4.98 Å². The topological polar surface area (TPSA) is 84.3 Å². The van der Waals surface area contributed by atoms with Crippen molar-refractivity contribution in [2.45, 2.75) is 32.0 Å². The second-order valence-corrected chi connectivity index (χ2v) is 8.74. The third-order valence-corrected chi connectivity index (χ3v) is 6.09. The van der Waals surface area contributed by atoms with Crippen LogP contribution >= 0.6 is 22.9 Å². The summed E-state index contributed by atoms with van der Waals surface area (Å²) >= 11 is 2.19. The van der Waals surface area contributed by atoms with Gasteiger partial charge in [-0.3, -0.25) is 10.1 Å². The van der Waals surface area contributed by atoms with E-state index in [4.69, 9.17) is 4.74 Å². The van der Waals surface area contributed by atoms with Crippen molar-refractivity contribution in [1.29, 1.82) is 0 Å². The average Bonchev–Trinajstić information content (AvgIpc) is 3.26. The summed E-state index contributed by atoms with van der Waals surface area (Å²) in [6, 6.07) is 9.17. The number of halogens is 3. The lowest BCUT2D eigenvalue weighted by atomic mass is 10.0. The number of hydrogen-bond donors (Lipinski definition) is 2. The number of nitrogens with zero attached hydrogens (tertiary/aromatic N) is 2. The van der Waals surface area contributed by atoms with Gasteiger partial charge in [-0.1, -0.05) is 12.1 Å². The number of aromatic nitrogens is 2. The van der Waals surface area contributed by atoms with Gasteiger partial charge in [0, 0.05) is 27.7 Å². The zero-order valence-corrected chi connectivity index (χ0v) is 17.8. The van der Waals surface area contributed by atoms with Crippen molar-refractivity contribution in [1.82, 2.24) is 9.36 Å².